The Morgan fingerprint density at radius 2 is 1.94 bits per heavy atom. The second-order valence-corrected chi connectivity index (χ2v) is 8.31. The van der Waals surface area contributed by atoms with Gasteiger partial charge in [-0.25, -0.2) is 18.7 Å². The molecule has 3 N–H and O–H groups in total. The first-order valence-electron chi connectivity index (χ1n) is 9.53. The minimum atomic E-state index is -5.09. The molecule has 1 aliphatic rings. The highest BCUT2D eigenvalue weighted by atomic mass is 35.5. The number of fused-ring (bicyclic) bond motifs is 2. The number of phenolic OH excluding ortho intramolecular Hbond substituents is 1. The maximum Gasteiger partial charge on any atom is 0.419 e. The molecule has 0 aliphatic heterocycles. The first-order valence-corrected chi connectivity index (χ1v) is 9.91. The van der Waals surface area contributed by atoms with Gasteiger partial charge in [0, 0.05) is 28.9 Å². The lowest BCUT2D eigenvalue weighted by Crippen LogP contribution is -2.55. The van der Waals surface area contributed by atoms with E-state index in [4.69, 9.17) is 11.6 Å². The smallest absolute Gasteiger partial charge is 0.419 e. The number of aromatic hydroxyl groups is 1. The predicted octanol–water partition coefficient (Wildman–Crippen LogP) is 5.53. The van der Waals surface area contributed by atoms with Gasteiger partial charge in [0.05, 0.1) is 11.1 Å². The number of nitrogens with one attached hydrogen (secondary N) is 1. The molecule has 11 heteroatoms. The van der Waals surface area contributed by atoms with E-state index in [0.717, 1.165) is 6.20 Å². The van der Waals surface area contributed by atoms with Crippen molar-refractivity contribution in [3.05, 3.63) is 58.0 Å². The summed E-state index contributed by atoms with van der Waals surface area (Å²) in [6.07, 6.45) is -4.74. The van der Waals surface area contributed by atoms with Crippen LogP contribution in [-0.2, 0) is 0 Å². The van der Waals surface area contributed by atoms with E-state index in [2.05, 4.69) is 15.3 Å². The number of hydrogen-bond donors (Lipinski definition) is 3. The van der Waals surface area contributed by atoms with Gasteiger partial charge < -0.3 is 15.5 Å². The highest BCUT2D eigenvalue weighted by molar-refractivity contribution is 6.32. The number of aryl methyl sites for hydroxylation is 1. The van der Waals surface area contributed by atoms with E-state index < -0.39 is 53.1 Å². The van der Waals surface area contributed by atoms with Crippen molar-refractivity contribution in [1.82, 2.24) is 9.97 Å². The van der Waals surface area contributed by atoms with Gasteiger partial charge in [0.2, 0.25) is 0 Å². The average molecular weight is 474 g/mol. The summed E-state index contributed by atoms with van der Waals surface area (Å²) in [6, 6.07) is 1.27. The number of nitrogens with zero attached hydrogens (tertiary/aromatic N) is 2. The van der Waals surface area contributed by atoms with Crippen LogP contribution in [-0.4, -0.2) is 32.0 Å². The molecule has 4 rings (SSSR count). The fourth-order valence-corrected chi connectivity index (χ4v) is 4.44. The van der Waals surface area contributed by atoms with Gasteiger partial charge in [0.25, 0.3) is 0 Å². The van der Waals surface area contributed by atoms with Crippen LogP contribution in [0, 0.1) is 18.6 Å². The molecule has 0 radical (unpaired) electrons. The Morgan fingerprint density at radius 3 is 2.59 bits per heavy atom. The average Bonchev–Trinajstić information content (AvgIpc) is 2.70. The first kappa shape index (κ1) is 22.5. The number of rotatable bonds is 2. The first-order chi connectivity index (χ1) is 14.8. The van der Waals surface area contributed by atoms with Crippen LogP contribution in [0.1, 0.15) is 42.3 Å². The van der Waals surface area contributed by atoms with Crippen LogP contribution in [0.4, 0.5) is 27.6 Å². The van der Waals surface area contributed by atoms with Gasteiger partial charge in [-0.2, -0.15) is 13.2 Å². The summed E-state index contributed by atoms with van der Waals surface area (Å²) in [6.45, 7) is 2.87. The zero-order valence-corrected chi connectivity index (χ0v) is 17.5. The summed E-state index contributed by atoms with van der Waals surface area (Å²) < 4.78 is 70.9. The summed E-state index contributed by atoms with van der Waals surface area (Å²) in [5.74, 6) is -3.78. The molecule has 2 aromatic carbocycles. The Balaban J connectivity index is 1.96. The highest BCUT2D eigenvalue weighted by Crippen LogP contribution is 2.55. The molecule has 0 bridgehead atoms. The summed E-state index contributed by atoms with van der Waals surface area (Å²) in [5.41, 5.74) is -3.90. The van der Waals surface area contributed by atoms with Crippen molar-refractivity contribution in [3.8, 4) is 5.75 Å². The van der Waals surface area contributed by atoms with Gasteiger partial charge in [-0.3, -0.25) is 0 Å². The quantitative estimate of drug-likeness (QED) is 0.427. The SMILES string of the molecule is Cc1ncc2c(N[C@H]3c4ccc(Cl)c(O)c4[C@H](C)C[C@]3(O)C(F)(F)F)cc(F)c(F)c2n1. The Bertz CT molecular complexity index is 1240. The van der Waals surface area contributed by atoms with Crippen molar-refractivity contribution in [2.45, 2.75) is 44.0 Å². The molecule has 3 atom stereocenters. The largest absolute Gasteiger partial charge is 0.506 e. The Morgan fingerprint density at radius 1 is 1.25 bits per heavy atom. The van der Waals surface area contributed by atoms with Crippen molar-refractivity contribution in [1.29, 1.82) is 0 Å². The minimum Gasteiger partial charge on any atom is -0.506 e. The van der Waals surface area contributed by atoms with Crippen molar-refractivity contribution in [2.24, 2.45) is 0 Å². The monoisotopic (exact) mass is 473 g/mol. The van der Waals surface area contributed by atoms with E-state index in [9.17, 15) is 32.2 Å². The number of anilines is 1. The van der Waals surface area contributed by atoms with E-state index in [0.29, 0.717) is 6.07 Å². The van der Waals surface area contributed by atoms with Crippen molar-refractivity contribution in [2.75, 3.05) is 5.32 Å². The number of benzene rings is 2. The lowest BCUT2D eigenvalue weighted by Gasteiger charge is -2.45. The van der Waals surface area contributed by atoms with Crippen LogP contribution in [0.2, 0.25) is 5.02 Å². The van der Waals surface area contributed by atoms with Gasteiger partial charge in [0.15, 0.2) is 17.2 Å². The molecule has 32 heavy (non-hydrogen) atoms. The highest BCUT2D eigenvalue weighted by Gasteiger charge is 2.62. The van der Waals surface area contributed by atoms with E-state index in [1.54, 1.807) is 0 Å². The lowest BCUT2D eigenvalue weighted by atomic mass is 9.70. The maximum atomic E-state index is 14.3. The van der Waals surface area contributed by atoms with Crippen LogP contribution in [0.3, 0.4) is 0 Å². The molecular formula is C21H17ClF5N3O2. The predicted molar refractivity (Wildman–Crippen MR) is 108 cm³/mol. The molecule has 0 saturated carbocycles. The Hall–Kier alpha value is -2.72. The number of aliphatic hydroxyl groups is 1. The molecule has 0 spiro atoms. The number of halogens is 6. The molecule has 5 nitrogen and oxygen atoms in total. The molecule has 0 fully saturated rings. The Kier molecular flexibility index (Phi) is 5.21. The van der Waals surface area contributed by atoms with Crippen LogP contribution in [0.25, 0.3) is 10.9 Å². The van der Waals surface area contributed by atoms with Crippen molar-refractivity contribution < 1.29 is 32.2 Å². The van der Waals surface area contributed by atoms with Crippen LogP contribution in [0.5, 0.6) is 5.75 Å². The van der Waals surface area contributed by atoms with Gasteiger partial charge in [0.1, 0.15) is 17.1 Å². The minimum absolute atomic E-state index is 0.0612. The Labute approximate surface area is 183 Å². The third kappa shape index (κ3) is 3.32. The topological polar surface area (TPSA) is 78.3 Å². The number of alkyl halides is 3. The van der Waals surface area contributed by atoms with Crippen LogP contribution >= 0.6 is 11.6 Å². The molecule has 1 aliphatic carbocycles. The van der Waals surface area contributed by atoms with Crippen molar-refractivity contribution >= 4 is 28.2 Å². The summed E-state index contributed by atoms with van der Waals surface area (Å²) in [5, 5.41) is 23.6. The standard InChI is InChI=1S/C21H17ClF5N3O2/c1-8-6-20(32,21(25,26)27)19(10-3-4-12(22)18(31)15(8)10)30-14-5-13(23)16(24)17-11(14)7-28-9(2)29-17/h3-5,7-8,19,30-32H,6H2,1-2H3/t8-,19+,20-/m1/s1. The molecule has 170 valence electrons. The summed E-state index contributed by atoms with van der Waals surface area (Å²) >= 11 is 5.95. The van der Waals surface area contributed by atoms with Crippen molar-refractivity contribution in [3.63, 3.8) is 0 Å². The summed E-state index contributed by atoms with van der Waals surface area (Å²) in [4.78, 5) is 7.77. The number of hydrogen-bond acceptors (Lipinski definition) is 5. The van der Waals surface area contributed by atoms with Gasteiger partial charge >= 0.3 is 6.18 Å². The zero-order chi connectivity index (χ0) is 23.6. The van der Waals surface area contributed by atoms with Gasteiger partial charge in [-0.1, -0.05) is 24.6 Å². The van der Waals surface area contributed by atoms with E-state index in [-0.39, 0.29) is 33.0 Å². The van der Waals surface area contributed by atoms with E-state index in [1.165, 1.54) is 26.0 Å². The molecule has 3 aromatic rings. The van der Waals surface area contributed by atoms with Crippen LogP contribution < -0.4 is 5.32 Å². The molecule has 0 amide bonds. The maximum absolute atomic E-state index is 14.3. The number of phenols is 1. The lowest BCUT2D eigenvalue weighted by molar-refractivity contribution is -0.272. The van der Waals surface area contributed by atoms with Crippen LogP contribution in [0.15, 0.2) is 24.4 Å². The molecule has 1 heterocycles. The fourth-order valence-electron chi connectivity index (χ4n) is 4.28. The van der Waals surface area contributed by atoms with E-state index >= 15 is 0 Å². The third-order valence-electron chi connectivity index (χ3n) is 5.78. The second-order valence-electron chi connectivity index (χ2n) is 7.90. The normalized spacial score (nSPS) is 23.3. The van der Waals surface area contributed by atoms with Gasteiger partial charge in [-0.05, 0) is 30.9 Å². The zero-order valence-electron chi connectivity index (χ0n) is 16.7. The molecule has 1 aromatic heterocycles. The van der Waals surface area contributed by atoms with Gasteiger partial charge in [-0.15, -0.1) is 0 Å². The summed E-state index contributed by atoms with van der Waals surface area (Å²) in [7, 11) is 0. The fraction of sp³-hybridized carbons (Fsp3) is 0.333. The molecule has 0 saturated heterocycles. The third-order valence-corrected chi connectivity index (χ3v) is 6.08. The molecule has 0 unspecified atom stereocenters. The number of aromatic nitrogens is 2. The van der Waals surface area contributed by atoms with E-state index in [1.807, 2.05) is 0 Å². The molecular weight excluding hydrogens is 457 g/mol. The second kappa shape index (κ2) is 7.41.